The molecule has 1 aromatic heterocycles. The normalized spacial score (nSPS) is 11.4. The summed E-state index contributed by atoms with van der Waals surface area (Å²) in [6, 6.07) is 12.4. The zero-order valence-electron chi connectivity index (χ0n) is 18.0. The molecule has 0 aliphatic rings. The second kappa shape index (κ2) is 10.5. The van der Waals surface area contributed by atoms with Crippen molar-refractivity contribution in [2.45, 2.75) is 13.0 Å². The van der Waals surface area contributed by atoms with Gasteiger partial charge in [0.25, 0.3) is 0 Å². The van der Waals surface area contributed by atoms with Crippen LogP contribution in [0.5, 0.6) is 5.75 Å². The summed E-state index contributed by atoms with van der Waals surface area (Å²) in [4.78, 5) is 21.2. The van der Waals surface area contributed by atoms with E-state index in [0.29, 0.717) is 19.0 Å². The highest BCUT2D eigenvalue weighted by atomic mass is 19.1. The van der Waals surface area contributed by atoms with Crippen molar-refractivity contribution in [3.05, 3.63) is 65.6 Å². The van der Waals surface area contributed by atoms with Gasteiger partial charge in [0.1, 0.15) is 11.6 Å². The number of halogens is 1. The Kier molecular flexibility index (Phi) is 7.48. The second-order valence-corrected chi connectivity index (χ2v) is 7.34. The van der Waals surface area contributed by atoms with Gasteiger partial charge in [-0.3, -0.25) is 4.79 Å². The van der Waals surface area contributed by atoms with Gasteiger partial charge in [0, 0.05) is 37.7 Å². The Bertz CT molecular complexity index is 1040. The topological polar surface area (TPSA) is 81.7 Å². The summed E-state index contributed by atoms with van der Waals surface area (Å²) in [6.45, 7) is 1.21. The number of guanidine groups is 1. The molecule has 0 atom stereocenters. The molecule has 0 saturated heterocycles. The number of aromatic nitrogens is 1. The first-order valence-electron chi connectivity index (χ1n) is 10.1. The molecule has 31 heavy (non-hydrogen) atoms. The molecule has 0 spiro atoms. The number of nitrogens with zero attached hydrogens (tertiary/aromatic N) is 2. The Morgan fingerprint density at radius 2 is 1.94 bits per heavy atom. The predicted octanol–water partition coefficient (Wildman–Crippen LogP) is 2.68. The van der Waals surface area contributed by atoms with Gasteiger partial charge in [0.2, 0.25) is 5.91 Å². The van der Waals surface area contributed by atoms with Gasteiger partial charge in [0.05, 0.1) is 20.2 Å². The number of methoxy groups -OCH3 is 1. The van der Waals surface area contributed by atoms with Crippen LogP contribution in [0, 0.1) is 5.82 Å². The van der Waals surface area contributed by atoms with Crippen molar-refractivity contribution in [1.29, 1.82) is 0 Å². The van der Waals surface area contributed by atoms with Crippen LogP contribution in [0.4, 0.5) is 4.39 Å². The molecule has 0 aliphatic heterocycles. The largest absolute Gasteiger partial charge is 0.497 e. The lowest BCUT2D eigenvalue weighted by molar-refractivity contribution is -0.127. The number of benzene rings is 2. The monoisotopic (exact) mass is 425 g/mol. The van der Waals surface area contributed by atoms with Crippen LogP contribution in [0.15, 0.2) is 53.7 Å². The molecule has 1 heterocycles. The molecule has 0 radical (unpaired) electrons. The van der Waals surface area contributed by atoms with Crippen LogP contribution in [0.25, 0.3) is 10.9 Å². The molecule has 0 bridgehead atoms. The summed E-state index contributed by atoms with van der Waals surface area (Å²) in [5.74, 6) is 1.04. The van der Waals surface area contributed by atoms with E-state index in [2.05, 4.69) is 20.6 Å². The third-order valence-corrected chi connectivity index (χ3v) is 4.90. The number of nitrogens with one attached hydrogen (secondary N) is 3. The van der Waals surface area contributed by atoms with Crippen molar-refractivity contribution in [2.24, 2.45) is 4.99 Å². The Labute approximate surface area is 181 Å². The van der Waals surface area contributed by atoms with Crippen molar-refractivity contribution in [3.63, 3.8) is 0 Å². The third-order valence-electron chi connectivity index (χ3n) is 4.90. The van der Waals surface area contributed by atoms with Crippen molar-refractivity contribution in [1.82, 2.24) is 20.5 Å². The van der Waals surface area contributed by atoms with Gasteiger partial charge >= 0.3 is 0 Å². The number of amides is 1. The predicted molar refractivity (Wildman–Crippen MR) is 121 cm³/mol. The molecule has 0 fully saturated rings. The number of aliphatic imine (C=N–C) groups is 1. The molecule has 2 aromatic carbocycles. The molecule has 0 aliphatic carbocycles. The van der Waals surface area contributed by atoms with E-state index in [9.17, 15) is 9.18 Å². The van der Waals surface area contributed by atoms with Crippen molar-refractivity contribution in [3.8, 4) is 5.75 Å². The molecule has 1 amide bonds. The van der Waals surface area contributed by atoms with Gasteiger partial charge in [-0.15, -0.1) is 0 Å². The summed E-state index contributed by atoms with van der Waals surface area (Å²) in [7, 11) is 5.06. The highest BCUT2D eigenvalue weighted by Crippen LogP contribution is 2.19. The highest BCUT2D eigenvalue weighted by molar-refractivity contribution is 5.86. The number of aromatic amines is 1. The van der Waals surface area contributed by atoms with Gasteiger partial charge < -0.3 is 25.3 Å². The van der Waals surface area contributed by atoms with Gasteiger partial charge in [-0.1, -0.05) is 12.1 Å². The maximum Gasteiger partial charge on any atom is 0.241 e. The summed E-state index contributed by atoms with van der Waals surface area (Å²) >= 11 is 0. The number of rotatable bonds is 8. The van der Waals surface area contributed by atoms with Gasteiger partial charge in [-0.25, -0.2) is 9.38 Å². The van der Waals surface area contributed by atoms with E-state index in [0.717, 1.165) is 34.2 Å². The number of hydrogen-bond acceptors (Lipinski definition) is 3. The van der Waals surface area contributed by atoms with E-state index in [-0.39, 0.29) is 18.3 Å². The van der Waals surface area contributed by atoms with E-state index < -0.39 is 0 Å². The quantitative estimate of drug-likeness (QED) is 0.383. The summed E-state index contributed by atoms with van der Waals surface area (Å²) in [6.07, 6.45) is 2.61. The van der Waals surface area contributed by atoms with E-state index in [1.54, 1.807) is 27.3 Å². The number of carbonyl (C=O) groups excluding carboxylic acids is 1. The molecular weight excluding hydrogens is 397 g/mol. The van der Waals surface area contributed by atoms with Crippen molar-refractivity contribution < 1.29 is 13.9 Å². The van der Waals surface area contributed by atoms with Crippen LogP contribution in [-0.4, -0.2) is 56.0 Å². The fraction of sp³-hybridized carbons (Fsp3) is 0.304. The lowest BCUT2D eigenvalue weighted by Crippen LogP contribution is -2.43. The molecule has 7 nitrogen and oxygen atoms in total. The molecule has 3 aromatic rings. The van der Waals surface area contributed by atoms with E-state index in [1.165, 1.54) is 17.0 Å². The minimum atomic E-state index is -0.262. The molecule has 0 saturated carbocycles. The number of ether oxygens (including phenoxy) is 1. The second-order valence-electron chi connectivity index (χ2n) is 7.34. The van der Waals surface area contributed by atoms with Crippen LogP contribution in [-0.2, 0) is 17.8 Å². The SMILES string of the molecule is COc1ccc(CN=C(NCCc2c[nH]c3cc(F)ccc23)NCC(=O)N(C)C)cc1. The van der Waals surface area contributed by atoms with Crippen molar-refractivity contribution >= 4 is 22.8 Å². The highest BCUT2D eigenvalue weighted by Gasteiger charge is 2.08. The molecule has 3 N–H and O–H groups in total. The lowest BCUT2D eigenvalue weighted by atomic mass is 10.1. The first kappa shape index (κ1) is 22.1. The van der Waals surface area contributed by atoms with Gasteiger partial charge in [-0.2, -0.15) is 0 Å². The molecule has 8 heteroatoms. The molecule has 164 valence electrons. The van der Waals surface area contributed by atoms with Crippen LogP contribution in [0.3, 0.4) is 0 Å². The van der Waals surface area contributed by atoms with Crippen LogP contribution in [0.1, 0.15) is 11.1 Å². The minimum Gasteiger partial charge on any atom is -0.497 e. The zero-order valence-corrected chi connectivity index (χ0v) is 18.0. The van der Waals surface area contributed by atoms with Gasteiger partial charge in [-0.05, 0) is 47.9 Å². The third kappa shape index (κ3) is 6.21. The molecule has 3 rings (SSSR count). The molecule has 0 unspecified atom stereocenters. The first-order valence-corrected chi connectivity index (χ1v) is 10.1. The van der Waals surface area contributed by atoms with Crippen LogP contribution < -0.4 is 15.4 Å². The number of H-pyrrole nitrogens is 1. The maximum atomic E-state index is 13.4. The van der Waals surface area contributed by atoms with Crippen LogP contribution in [0.2, 0.25) is 0 Å². The fourth-order valence-electron chi connectivity index (χ4n) is 3.07. The summed E-state index contributed by atoms with van der Waals surface area (Å²) < 4.78 is 18.6. The van der Waals surface area contributed by atoms with Gasteiger partial charge in [0.15, 0.2) is 5.96 Å². The Morgan fingerprint density at radius 3 is 2.65 bits per heavy atom. The number of carbonyl (C=O) groups is 1. The Morgan fingerprint density at radius 1 is 1.16 bits per heavy atom. The number of fused-ring (bicyclic) bond motifs is 1. The van der Waals surface area contributed by atoms with E-state index >= 15 is 0 Å². The number of likely N-dealkylation sites (N-methyl/N-ethyl adjacent to an activating group) is 1. The van der Waals surface area contributed by atoms with Crippen molar-refractivity contribution in [2.75, 3.05) is 34.3 Å². The minimum absolute atomic E-state index is 0.0439. The standard InChI is InChI=1S/C23H28FN5O2/c1-29(2)22(30)15-28-23(27-13-16-4-7-19(31-3)8-5-16)25-11-10-17-14-26-21-12-18(24)6-9-20(17)21/h4-9,12,14,26H,10-11,13,15H2,1-3H3,(H2,25,27,28). The van der Waals surface area contributed by atoms with E-state index in [1.807, 2.05) is 30.5 Å². The zero-order chi connectivity index (χ0) is 22.2. The van der Waals surface area contributed by atoms with E-state index in [4.69, 9.17) is 4.74 Å². The molecular formula is C23H28FN5O2. The lowest BCUT2D eigenvalue weighted by Gasteiger charge is -2.15. The average molecular weight is 426 g/mol. The fourth-order valence-corrected chi connectivity index (χ4v) is 3.07. The van der Waals surface area contributed by atoms with Crippen LogP contribution >= 0.6 is 0 Å². The summed E-state index contributed by atoms with van der Waals surface area (Å²) in [5.41, 5.74) is 2.89. The Balaban J connectivity index is 1.63. The smallest absolute Gasteiger partial charge is 0.241 e. The average Bonchev–Trinajstić information content (AvgIpc) is 3.17. The number of hydrogen-bond donors (Lipinski definition) is 3. The Hall–Kier alpha value is -3.55. The summed E-state index contributed by atoms with van der Waals surface area (Å²) in [5, 5.41) is 7.36. The first-order chi connectivity index (χ1) is 15.0. The maximum absolute atomic E-state index is 13.4.